The molecule has 1 N–H and O–H groups in total. The van der Waals surface area contributed by atoms with E-state index in [0.717, 1.165) is 42.3 Å². The predicted octanol–water partition coefficient (Wildman–Crippen LogP) is 3.62. The zero-order valence-corrected chi connectivity index (χ0v) is 15.9. The van der Waals surface area contributed by atoms with Crippen LogP contribution in [0.2, 0.25) is 0 Å². The van der Waals surface area contributed by atoms with Crippen molar-refractivity contribution in [3.8, 4) is 11.3 Å². The Kier molecular flexibility index (Phi) is 5.32. The zero-order chi connectivity index (χ0) is 18.6. The Bertz CT molecular complexity index is 788. The molecule has 1 aliphatic carbocycles. The molecule has 142 valence electrons. The minimum atomic E-state index is 0.132. The molecule has 27 heavy (non-hydrogen) atoms. The third-order valence-electron chi connectivity index (χ3n) is 5.64. The summed E-state index contributed by atoms with van der Waals surface area (Å²) in [6.45, 7) is 3.18. The SMILES string of the molecule is CC(=O)N1CCCC(c2nc(NC3CCCC3)cc(-c3cccnc3)n2)C1. The first-order valence-corrected chi connectivity index (χ1v) is 10.0. The summed E-state index contributed by atoms with van der Waals surface area (Å²) < 4.78 is 0. The van der Waals surface area contributed by atoms with Crippen LogP contribution in [0.5, 0.6) is 0 Å². The van der Waals surface area contributed by atoms with E-state index in [1.165, 1.54) is 25.7 Å². The lowest BCUT2D eigenvalue weighted by molar-refractivity contribution is -0.130. The summed E-state index contributed by atoms with van der Waals surface area (Å²) in [6, 6.07) is 6.49. The maximum Gasteiger partial charge on any atom is 0.219 e. The van der Waals surface area contributed by atoms with Crippen LogP contribution in [0.1, 0.15) is 57.2 Å². The summed E-state index contributed by atoms with van der Waals surface area (Å²) in [5.74, 6) is 2.05. The van der Waals surface area contributed by atoms with Crippen LogP contribution in [-0.4, -0.2) is 44.9 Å². The second-order valence-corrected chi connectivity index (χ2v) is 7.67. The number of likely N-dealkylation sites (tertiary alicyclic amines) is 1. The van der Waals surface area contributed by atoms with Crippen molar-refractivity contribution in [2.24, 2.45) is 0 Å². The minimum Gasteiger partial charge on any atom is -0.367 e. The maximum absolute atomic E-state index is 11.8. The number of carbonyl (C=O) groups is 1. The number of amides is 1. The van der Waals surface area contributed by atoms with Gasteiger partial charge in [0.25, 0.3) is 0 Å². The van der Waals surface area contributed by atoms with E-state index in [1.807, 2.05) is 29.3 Å². The van der Waals surface area contributed by atoms with Gasteiger partial charge in [-0.15, -0.1) is 0 Å². The van der Waals surface area contributed by atoms with Crippen LogP contribution < -0.4 is 5.32 Å². The highest BCUT2D eigenvalue weighted by atomic mass is 16.2. The third kappa shape index (κ3) is 4.26. The molecular weight excluding hydrogens is 338 g/mol. The van der Waals surface area contributed by atoms with Crippen LogP contribution >= 0.6 is 0 Å². The van der Waals surface area contributed by atoms with Gasteiger partial charge >= 0.3 is 0 Å². The Morgan fingerprint density at radius 3 is 2.78 bits per heavy atom. The molecule has 1 saturated heterocycles. The van der Waals surface area contributed by atoms with E-state index in [-0.39, 0.29) is 11.8 Å². The van der Waals surface area contributed by atoms with Gasteiger partial charge in [-0.3, -0.25) is 9.78 Å². The van der Waals surface area contributed by atoms with Gasteiger partial charge in [0.2, 0.25) is 5.91 Å². The first kappa shape index (κ1) is 17.9. The van der Waals surface area contributed by atoms with Gasteiger partial charge in [-0.2, -0.15) is 0 Å². The highest BCUT2D eigenvalue weighted by molar-refractivity contribution is 5.73. The minimum absolute atomic E-state index is 0.132. The number of nitrogens with one attached hydrogen (secondary N) is 1. The summed E-state index contributed by atoms with van der Waals surface area (Å²) in [5.41, 5.74) is 1.89. The Hall–Kier alpha value is -2.50. The van der Waals surface area contributed by atoms with Crippen molar-refractivity contribution >= 4 is 11.7 Å². The summed E-state index contributed by atoms with van der Waals surface area (Å²) in [7, 11) is 0. The molecule has 0 radical (unpaired) electrons. The van der Waals surface area contributed by atoms with Gasteiger partial charge in [0.05, 0.1) is 5.69 Å². The van der Waals surface area contributed by atoms with Crippen LogP contribution in [0.4, 0.5) is 5.82 Å². The Morgan fingerprint density at radius 1 is 1.19 bits per heavy atom. The highest BCUT2D eigenvalue weighted by Gasteiger charge is 2.26. The van der Waals surface area contributed by atoms with Crippen LogP contribution in [0.3, 0.4) is 0 Å². The molecule has 2 aliphatic rings. The van der Waals surface area contributed by atoms with E-state index >= 15 is 0 Å². The molecule has 3 heterocycles. The van der Waals surface area contributed by atoms with Gasteiger partial charge in [-0.1, -0.05) is 12.8 Å². The standard InChI is InChI=1S/C21H27N5O/c1-15(27)26-11-5-7-17(14-26)21-24-19(16-6-4-10-22-13-16)12-20(25-21)23-18-8-2-3-9-18/h4,6,10,12-13,17-18H,2-3,5,7-9,11,14H2,1H3,(H,23,24,25). The van der Waals surface area contributed by atoms with Gasteiger partial charge < -0.3 is 10.2 Å². The van der Waals surface area contributed by atoms with Crippen molar-refractivity contribution in [2.75, 3.05) is 18.4 Å². The number of pyridine rings is 1. The van der Waals surface area contributed by atoms with Crippen molar-refractivity contribution in [1.82, 2.24) is 19.9 Å². The molecule has 2 fully saturated rings. The van der Waals surface area contributed by atoms with Crippen LogP contribution in [0, 0.1) is 0 Å². The Balaban J connectivity index is 1.65. The third-order valence-corrected chi connectivity index (χ3v) is 5.64. The maximum atomic E-state index is 11.8. The van der Waals surface area contributed by atoms with Crippen molar-refractivity contribution < 1.29 is 4.79 Å². The molecule has 4 rings (SSSR count). The van der Waals surface area contributed by atoms with Crippen LogP contribution in [-0.2, 0) is 4.79 Å². The van der Waals surface area contributed by atoms with Crippen molar-refractivity contribution in [3.63, 3.8) is 0 Å². The fourth-order valence-electron chi connectivity index (χ4n) is 4.14. The van der Waals surface area contributed by atoms with Crippen LogP contribution in [0.25, 0.3) is 11.3 Å². The number of hydrogen-bond acceptors (Lipinski definition) is 5. The summed E-state index contributed by atoms with van der Waals surface area (Å²) in [5, 5.41) is 3.61. The smallest absolute Gasteiger partial charge is 0.219 e. The van der Waals surface area contributed by atoms with Gasteiger partial charge in [0.15, 0.2) is 0 Å². The lowest BCUT2D eigenvalue weighted by atomic mass is 9.97. The number of anilines is 1. The van der Waals surface area contributed by atoms with E-state index in [2.05, 4.69) is 10.3 Å². The van der Waals surface area contributed by atoms with E-state index < -0.39 is 0 Å². The van der Waals surface area contributed by atoms with E-state index in [0.29, 0.717) is 12.6 Å². The number of piperidine rings is 1. The topological polar surface area (TPSA) is 71.0 Å². The Morgan fingerprint density at radius 2 is 2.04 bits per heavy atom. The predicted molar refractivity (Wildman–Crippen MR) is 105 cm³/mol. The van der Waals surface area contributed by atoms with Crippen molar-refractivity contribution in [1.29, 1.82) is 0 Å². The fraction of sp³-hybridized carbons (Fsp3) is 0.524. The normalized spacial score (nSPS) is 20.6. The molecule has 0 aromatic carbocycles. The lowest BCUT2D eigenvalue weighted by Crippen LogP contribution is -2.38. The number of rotatable bonds is 4. The molecule has 1 saturated carbocycles. The molecule has 1 amide bonds. The quantitative estimate of drug-likeness (QED) is 0.896. The molecule has 0 bridgehead atoms. The van der Waals surface area contributed by atoms with Crippen molar-refractivity contribution in [2.45, 2.75) is 57.4 Å². The average molecular weight is 365 g/mol. The molecule has 2 aromatic heterocycles. The molecule has 2 aromatic rings. The monoisotopic (exact) mass is 365 g/mol. The summed E-state index contributed by atoms with van der Waals surface area (Å²) in [4.78, 5) is 27.7. The molecule has 1 unspecified atom stereocenters. The molecular formula is C21H27N5O. The van der Waals surface area contributed by atoms with Gasteiger partial charge in [0, 0.05) is 56.0 Å². The average Bonchev–Trinajstić information content (AvgIpc) is 3.21. The second kappa shape index (κ2) is 8.03. The number of nitrogens with zero attached hydrogens (tertiary/aromatic N) is 4. The van der Waals surface area contributed by atoms with Crippen LogP contribution in [0.15, 0.2) is 30.6 Å². The zero-order valence-electron chi connectivity index (χ0n) is 15.9. The molecule has 0 spiro atoms. The summed E-state index contributed by atoms with van der Waals surface area (Å²) in [6.07, 6.45) is 10.6. The first-order valence-electron chi connectivity index (χ1n) is 10.0. The largest absolute Gasteiger partial charge is 0.367 e. The van der Waals surface area contributed by atoms with E-state index in [1.54, 1.807) is 13.1 Å². The molecule has 1 atom stereocenters. The fourth-order valence-corrected chi connectivity index (χ4v) is 4.14. The Labute approximate surface area is 160 Å². The van der Waals surface area contributed by atoms with Gasteiger partial charge in [0.1, 0.15) is 11.6 Å². The molecule has 6 nitrogen and oxygen atoms in total. The van der Waals surface area contributed by atoms with Crippen molar-refractivity contribution in [3.05, 3.63) is 36.4 Å². The number of aromatic nitrogens is 3. The number of carbonyl (C=O) groups excluding carboxylic acids is 1. The lowest BCUT2D eigenvalue weighted by Gasteiger charge is -2.31. The number of hydrogen-bond donors (Lipinski definition) is 1. The van der Waals surface area contributed by atoms with Gasteiger partial charge in [-0.25, -0.2) is 9.97 Å². The highest BCUT2D eigenvalue weighted by Crippen LogP contribution is 2.29. The van der Waals surface area contributed by atoms with E-state index in [4.69, 9.17) is 9.97 Å². The molecule has 1 aliphatic heterocycles. The van der Waals surface area contributed by atoms with Gasteiger partial charge in [-0.05, 0) is 37.8 Å². The first-order chi connectivity index (χ1) is 13.2. The summed E-state index contributed by atoms with van der Waals surface area (Å²) >= 11 is 0. The van der Waals surface area contributed by atoms with E-state index in [9.17, 15) is 4.79 Å². The second-order valence-electron chi connectivity index (χ2n) is 7.67. The molecule has 6 heteroatoms.